The summed E-state index contributed by atoms with van der Waals surface area (Å²) in [5, 5.41) is 27.1. The summed E-state index contributed by atoms with van der Waals surface area (Å²) >= 11 is 0. The van der Waals surface area contributed by atoms with Crippen LogP contribution < -0.4 is 20.3 Å². The van der Waals surface area contributed by atoms with E-state index in [4.69, 9.17) is 9.47 Å². The van der Waals surface area contributed by atoms with Crippen LogP contribution in [0.3, 0.4) is 0 Å². The van der Waals surface area contributed by atoms with Crippen molar-refractivity contribution < 1.29 is 23.8 Å². The third kappa shape index (κ3) is 5.44. The molecule has 3 heterocycles. The molecule has 1 unspecified atom stereocenters. The van der Waals surface area contributed by atoms with Gasteiger partial charge in [-0.3, -0.25) is 4.79 Å². The molecule has 3 aromatic heterocycles. The molecule has 0 spiro atoms. The number of methoxy groups -OCH3 is 2. The molecule has 41 heavy (non-hydrogen) atoms. The van der Waals surface area contributed by atoms with E-state index in [9.17, 15) is 20.0 Å². The number of aromatic carboxylic acids is 1. The molecule has 0 bridgehead atoms. The third-order valence-corrected chi connectivity index (χ3v) is 6.38. The molecule has 0 saturated heterocycles. The monoisotopic (exact) mass is 561 g/mol. The van der Waals surface area contributed by atoms with E-state index in [0.29, 0.717) is 5.69 Å². The fourth-order valence-corrected chi connectivity index (χ4v) is 4.64. The van der Waals surface area contributed by atoms with Crippen LogP contribution in [0.2, 0.25) is 0 Å². The van der Waals surface area contributed by atoms with Gasteiger partial charge in [0.15, 0.2) is 5.69 Å². The minimum atomic E-state index is -1.38. The summed E-state index contributed by atoms with van der Waals surface area (Å²) in [7, 11) is 4.35. The molecule has 0 radical (unpaired) electrons. The Morgan fingerprint density at radius 3 is 2.54 bits per heavy atom. The van der Waals surface area contributed by atoms with Gasteiger partial charge in [-0.1, -0.05) is 19.9 Å². The number of carboxylic acids is 1. The van der Waals surface area contributed by atoms with Gasteiger partial charge in [0.2, 0.25) is 5.88 Å². The summed E-state index contributed by atoms with van der Waals surface area (Å²) < 4.78 is 28.8. The number of carboxylic acid groups (broad SMARTS) is 1. The Hall–Kier alpha value is -5.25. The van der Waals surface area contributed by atoms with Crippen LogP contribution in [0.25, 0.3) is 5.69 Å². The average Bonchev–Trinajstić information content (AvgIpc) is 3.34. The van der Waals surface area contributed by atoms with Gasteiger partial charge in [-0.05, 0) is 36.6 Å². The van der Waals surface area contributed by atoms with Crippen LogP contribution in [0.5, 0.6) is 11.9 Å². The lowest BCUT2D eigenvalue weighted by Crippen LogP contribution is -2.26. The normalized spacial score (nSPS) is 11.7. The molecule has 0 aliphatic rings. The van der Waals surface area contributed by atoms with E-state index in [-0.39, 0.29) is 45.9 Å². The van der Waals surface area contributed by atoms with Crippen molar-refractivity contribution >= 4 is 11.7 Å². The highest BCUT2D eigenvalue weighted by Crippen LogP contribution is 2.38. The summed E-state index contributed by atoms with van der Waals surface area (Å²) in [6, 6.07) is 6.16. The summed E-state index contributed by atoms with van der Waals surface area (Å²) in [6.45, 7) is 5.42. The van der Waals surface area contributed by atoms with Crippen LogP contribution in [0.15, 0.2) is 41.5 Å². The zero-order chi connectivity index (χ0) is 30.0. The van der Waals surface area contributed by atoms with Gasteiger partial charge >= 0.3 is 12.0 Å². The van der Waals surface area contributed by atoms with Gasteiger partial charge in [0.05, 0.1) is 43.8 Å². The number of anilines is 1. The van der Waals surface area contributed by atoms with E-state index in [0.717, 1.165) is 11.6 Å². The summed E-state index contributed by atoms with van der Waals surface area (Å²) in [5.41, 5.74) is 0.850. The number of nitriles is 1. The Balaban J connectivity index is 2.09. The van der Waals surface area contributed by atoms with Crippen molar-refractivity contribution in [3.63, 3.8) is 0 Å². The molecular formula is C28H28FN7O5. The number of aryl methyl sites for hydroxylation is 2. The number of ether oxygens (including phenoxy) is 2. The van der Waals surface area contributed by atoms with Crippen molar-refractivity contribution in [2.45, 2.75) is 32.7 Å². The van der Waals surface area contributed by atoms with E-state index in [1.807, 2.05) is 19.9 Å². The van der Waals surface area contributed by atoms with Crippen molar-refractivity contribution in [2.24, 2.45) is 7.05 Å². The number of hydrogen-bond donors (Lipinski definition) is 2. The van der Waals surface area contributed by atoms with E-state index in [2.05, 4.69) is 20.4 Å². The molecule has 1 aromatic carbocycles. The van der Waals surface area contributed by atoms with Crippen LogP contribution in [0, 0.1) is 24.1 Å². The predicted octanol–water partition coefficient (Wildman–Crippen LogP) is 3.72. The maximum absolute atomic E-state index is 15.6. The molecule has 12 nitrogen and oxygen atoms in total. The largest absolute Gasteiger partial charge is 0.479 e. The van der Waals surface area contributed by atoms with Crippen LogP contribution in [0.4, 0.5) is 10.1 Å². The highest BCUT2D eigenvalue weighted by atomic mass is 19.1. The number of pyridine rings is 1. The van der Waals surface area contributed by atoms with Crippen LogP contribution in [-0.4, -0.2) is 49.6 Å². The van der Waals surface area contributed by atoms with Gasteiger partial charge in [-0.2, -0.15) is 15.3 Å². The maximum atomic E-state index is 15.6. The first kappa shape index (κ1) is 28.8. The Morgan fingerprint density at radius 1 is 1.22 bits per heavy atom. The topological polar surface area (TPSA) is 157 Å². The summed E-state index contributed by atoms with van der Waals surface area (Å²) in [5.74, 6) is -2.46. The first-order valence-corrected chi connectivity index (χ1v) is 12.5. The number of nitrogens with one attached hydrogen (secondary N) is 1. The third-order valence-electron chi connectivity index (χ3n) is 6.38. The Labute approximate surface area is 234 Å². The van der Waals surface area contributed by atoms with Crippen LogP contribution in [-0.2, 0) is 7.05 Å². The predicted molar refractivity (Wildman–Crippen MR) is 146 cm³/mol. The highest BCUT2D eigenvalue weighted by Gasteiger charge is 2.34. The highest BCUT2D eigenvalue weighted by molar-refractivity contribution is 5.88. The van der Waals surface area contributed by atoms with Crippen molar-refractivity contribution in [3.8, 4) is 23.6 Å². The number of halogens is 1. The molecular weight excluding hydrogens is 533 g/mol. The Kier molecular flexibility index (Phi) is 8.04. The molecule has 0 amide bonds. The zero-order valence-electron chi connectivity index (χ0n) is 23.3. The number of benzene rings is 1. The number of nitrogens with zero attached hydrogens (tertiary/aromatic N) is 6. The summed E-state index contributed by atoms with van der Waals surface area (Å²) in [6.07, 6.45) is 3.01. The standard InChI is InChI=1S/C28H28FN7O5/c1-14(2)24-21(23(27(38)39)34-36(24)20-12-31-28(41-6)33-25(20)40-5)22(17-8-7-16(11-30)10-18(17)29)32-19-9-15(3)13-35(4)26(19)37/h7-10,12-14,22,32H,1-6H3,(H,38,39). The quantitative estimate of drug-likeness (QED) is 0.309. The van der Waals surface area contributed by atoms with E-state index in [1.54, 1.807) is 26.2 Å². The Bertz CT molecular complexity index is 1740. The molecule has 1 atom stereocenters. The van der Waals surface area contributed by atoms with Crippen LogP contribution >= 0.6 is 0 Å². The SMILES string of the molecule is COc1ncc(-n2nc(C(=O)O)c(C(Nc3cc(C)cn(C)c3=O)c3ccc(C#N)cc3F)c2C(C)C)c(OC)n1. The fraction of sp³-hybridized carbons (Fsp3) is 0.286. The molecule has 0 fully saturated rings. The zero-order valence-corrected chi connectivity index (χ0v) is 23.3. The minimum Gasteiger partial charge on any atom is -0.479 e. The van der Waals surface area contributed by atoms with Gasteiger partial charge in [-0.25, -0.2) is 18.9 Å². The fourth-order valence-electron chi connectivity index (χ4n) is 4.64. The number of aromatic nitrogens is 5. The van der Waals surface area contributed by atoms with E-state index >= 15 is 4.39 Å². The van der Waals surface area contributed by atoms with Gasteiger partial charge < -0.3 is 24.5 Å². The second kappa shape index (κ2) is 11.5. The molecule has 212 valence electrons. The van der Waals surface area contributed by atoms with Crippen molar-refractivity contribution in [1.29, 1.82) is 5.26 Å². The lowest BCUT2D eigenvalue weighted by Gasteiger charge is -2.24. The number of hydrogen-bond acceptors (Lipinski definition) is 9. The molecule has 0 saturated carbocycles. The second-order valence-electron chi connectivity index (χ2n) is 9.54. The average molecular weight is 562 g/mol. The molecule has 2 N–H and O–H groups in total. The molecule has 4 rings (SSSR count). The lowest BCUT2D eigenvalue weighted by molar-refractivity contribution is 0.0688. The molecule has 0 aliphatic carbocycles. The van der Waals surface area contributed by atoms with Crippen LogP contribution in [0.1, 0.15) is 64.2 Å². The van der Waals surface area contributed by atoms with Gasteiger partial charge in [0.1, 0.15) is 17.2 Å². The lowest BCUT2D eigenvalue weighted by atomic mass is 9.91. The number of carbonyl (C=O) groups is 1. The molecule has 13 heteroatoms. The second-order valence-corrected chi connectivity index (χ2v) is 9.54. The van der Waals surface area contributed by atoms with Gasteiger partial charge in [0, 0.05) is 24.4 Å². The van der Waals surface area contributed by atoms with Gasteiger partial charge in [0.25, 0.3) is 5.56 Å². The minimum absolute atomic E-state index is 0.00875. The molecule has 0 aliphatic heterocycles. The first-order chi connectivity index (χ1) is 19.5. The maximum Gasteiger partial charge on any atom is 0.356 e. The number of rotatable bonds is 9. The Morgan fingerprint density at radius 2 is 1.95 bits per heavy atom. The molecule has 4 aromatic rings. The van der Waals surface area contributed by atoms with E-state index < -0.39 is 29.1 Å². The first-order valence-electron chi connectivity index (χ1n) is 12.5. The smallest absolute Gasteiger partial charge is 0.356 e. The van der Waals surface area contributed by atoms with Crippen molar-refractivity contribution in [1.82, 2.24) is 24.3 Å². The van der Waals surface area contributed by atoms with Gasteiger partial charge in [-0.15, -0.1) is 0 Å². The van der Waals surface area contributed by atoms with Crippen molar-refractivity contribution in [3.05, 3.63) is 86.5 Å². The van der Waals surface area contributed by atoms with E-state index in [1.165, 1.54) is 41.8 Å². The van der Waals surface area contributed by atoms with Crippen molar-refractivity contribution in [2.75, 3.05) is 19.5 Å². The summed E-state index contributed by atoms with van der Waals surface area (Å²) in [4.78, 5) is 34.1.